The van der Waals surface area contributed by atoms with Gasteiger partial charge in [-0.2, -0.15) is 4.31 Å². The van der Waals surface area contributed by atoms with E-state index in [4.69, 9.17) is 10.6 Å². The van der Waals surface area contributed by atoms with E-state index in [-0.39, 0.29) is 55.2 Å². The van der Waals surface area contributed by atoms with Crippen LogP contribution in [0.1, 0.15) is 55.9 Å². The molecule has 4 N–H and O–H groups in total. The summed E-state index contributed by atoms with van der Waals surface area (Å²) in [6, 6.07) is 13.2. The zero-order valence-corrected chi connectivity index (χ0v) is 32.6. The highest BCUT2D eigenvalue weighted by Crippen LogP contribution is 2.23. The molecule has 16 heteroatoms. The lowest BCUT2D eigenvalue weighted by atomic mass is 9.97. The van der Waals surface area contributed by atoms with Crippen molar-refractivity contribution in [1.82, 2.24) is 24.4 Å². The largest absolute Gasteiger partial charge is 0.390 e. The molecule has 0 radical (unpaired) electrons. The van der Waals surface area contributed by atoms with Gasteiger partial charge in [0.2, 0.25) is 15.9 Å². The zero-order chi connectivity index (χ0) is 38.7. The van der Waals surface area contributed by atoms with Gasteiger partial charge in [-0.25, -0.2) is 23.0 Å². The van der Waals surface area contributed by atoms with Gasteiger partial charge in [0, 0.05) is 38.1 Å². The lowest BCUT2D eigenvalue weighted by molar-refractivity contribution is -0.143. The van der Waals surface area contributed by atoms with Crippen LogP contribution < -0.4 is 11.1 Å². The number of oxime groups is 1. The molecule has 14 nitrogen and oxygen atoms in total. The van der Waals surface area contributed by atoms with E-state index < -0.39 is 40.1 Å². The normalized spacial score (nSPS) is 15.5. The number of carbonyl (C=O) groups is 3. The molecule has 53 heavy (non-hydrogen) atoms. The van der Waals surface area contributed by atoms with Crippen LogP contribution in [0, 0.1) is 18.8 Å². The molecule has 1 fully saturated rings. The van der Waals surface area contributed by atoms with Crippen LogP contribution in [0.2, 0.25) is 0 Å². The molecule has 2 heterocycles. The molecule has 0 unspecified atom stereocenters. The third-order valence-electron chi connectivity index (χ3n) is 8.66. The van der Waals surface area contributed by atoms with E-state index >= 15 is 0 Å². The zero-order valence-electron chi connectivity index (χ0n) is 30.9. The highest BCUT2D eigenvalue weighted by Gasteiger charge is 2.40. The van der Waals surface area contributed by atoms with E-state index in [1.807, 2.05) is 70.3 Å². The van der Waals surface area contributed by atoms with Gasteiger partial charge < -0.3 is 30.8 Å². The Morgan fingerprint density at radius 2 is 1.79 bits per heavy atom. The number of amides is 3. The van der Waals surface area contributed by atoms with Crippen LogP contribution in [-0.4, -0.2) is 108 Å². The van der Waals surface area contributed by atoms with E-state index in [0.29, 0.717) is 25.2 Å². The van der Waals surface area contributed by atoms with E-state index in [0.717, 1.165) is 16.3 Å². The molecule has 0 spiro atoms. The van der Waals surface area contributed by atoms with Crippen LogP contribution in [0.4, 0.5) is 4.79 Å². The van der Waals surface area contributed by atoms with Crippen LogP contribution in [0.3, 0.4) is 0 Å². The topological polar surface area (TPSA) is 188 Å². The van der Waals surface area contributed by atoms with Gasteiger partial charge in [0.25, 0.3) is 0 Å². The summed E-state index contributed by atoms with van der Waals surface area (Å²) in [4.78, 5) is 51.7. The number of nitrogens with zero attached hydrogens (tertiary/aromatic N) is 5. The number of carbonyl (C=O) groups excluding carboxylic acids is 3. The Morgan fingerprint density at radius 3 is 2.40 bits per heavy atom. The fourth-order valence-electron chi connectivity index (χ4n) is 6.10. The van der Waals surface area contributed by atoms with Gasteiger partial charge >= 0.3 is 12.0 Å². The molecule has 0 bridgehead atoms. The minimum atomic E-state index is -4.11. The molecule has 3 amide bonds. The van der Waals surface area contributed by atoms with Crippen LogP contribution in [0.25, 0.3) is 0 Å². The quantitative estimate of drug-likeness (QED) is 0.0934. The summed E-state index contributed by atoms with van der Waals surface area (Å²) in [7, 11) is -4.11. The third-order valence-corrected chi connectivity index (χ3v) is 11.3. The van der Waals surface area contributed by atoms with E-state index in [2.05, 4.69) is 15.5 Å². The van der Waals surface area contributed by atoms with Gasteiger partial charge in [0.15, 0.2) is 0 Å². The van der Waals surface area contributed by atoms with Gasteiger partial charge in [-0.05, 0) is 48.4 Å². The number of rotatable bonds is 19. The Hall–Kier alpha value is -4.22. The van der Waals surface area contributed by atoms with Crippen molar-refractivity contribution in [2.24, 2.45) is 22.7 Å². The molecule has 1 saturated heterocycles. The number of aryl methyl sites for hydroxylation is 1. The number of benzene rings is 2. The predicted molar refractivity (Wildman–Crippen MR) is 203 cm³/mol. The minimum absolute atomic E-state index is 0.00365. The second kappa shape index (κ2) is 19.2. The Balaban J connectivity index is 1.54. The average molecular weight is 770 g/mol. The highest BCUT2D eigenvalue weighted by molar-refractivity contribution is 7.89. The molecule has 3 atom stereocenters. The molecule has 1 aliphatic heterocycles. The van der Waals surface area contributed by atoms with Crippen molar-refractivity contribution in [3.8, 4) is 0 Å². The fourth-order valence-corrected chi connectivity index (χ4v) is 8.33. The number of urea groups is 1. The highest BCUT2D eigenvalue weighted by atomic mass is 32.2. The summed E-state index contributed by atoms with van der Waals surface area (Å²) in [5, 5.41) is 21.3. The van der Waals surface area contributed by atoms with Gasteiger partial charge in [0.1, 0.15) is 6.04 Å². The standard InChI is InChI=1S/C37H51N7O7S2/c1-25(2)21-43(53(49,50)31-13-11-29(12-14-31)20-39-51-34(46)15-16-38)23-33(45)32(19-28-9-7-6-8-10-28)41-36(47)35(26(3)4)44-18-17-42(37(44)48)22-30-24-52-27(5)40-30/h6-14,20,24-26,32-33,35,45H,15-19,21-23,38H2,1-5H3,(H,41,47)/b39-20+/t32-,33+,35-/m0/s1. The van der Waals surface area contributed by atoms with E-state index in [9.17, 15) is 27.9 Å². The molecule has 0 saturated carbocycles. The number of hydrogen-bond acceptors (Lipinski definition) is 11. The van der Waals surface area contributed by atoms with Gasteiger partial charge in [-0.15, -0.1) is 11.3 Å². The molecule has 4 rings (SSSR count). The molecule has 1 aliphatic rings. The van der Waals surface area contributed by atoms with Crippen LogP contribution in [0.5, 0.6) is 0 Å². The Morgan fingerprint density at radius 1 is 1.09 bits per heavy atom. The van der Waals surface area contributed by atoms with E-state index in [1.165, 1.54) is 46.1 Å². The average Bonchev–Trinajstić information content (AvgIpc) is 3.68. The maximum absolute atomic E-state index is 14.1. The molecule has 3 aromatic rings. The van der Waals surface area contributed by atoms with Crippen LogP contribution >= 0.6 is 11.3 Å². The van der Waals surface area contributed by atoms with Gasteiger partial charge in [-0.1, -0.05) is 75.3 Å². The molecule has 2 aromatic carbocycles. The van der Waals surface area contributed by atoms with Crippen molar-refractivity contribution in [2.75, 3.05) is 32.7 Å². The number of sulfonamides is 1. The molecule has 288 valence electrons. The molecule has 1 aromatic heterocycles. The molecular weight excluding hydrogens is 719 g/mol. The summed E-state index contributed by atoms with van der Waals surface area (Å²) in [6.07, 6.45) is 0.220. The fraction of sp³-hybridized carbons (Fsp3) is 0.486. The Bertz CT molecular complexity index is 1800. The number of aliphatic hydroxyl groups is 1. The smallest absolute Gasteiger partial charge is 0.336 e. The predicted octanol–water partition coefficient (Wildman–Crippen LogP) is 3.37. The number of hydrogen-bond donors (Lipinski definition) is 3. The number of aliphatic hydroxyl groups excluding tert-OH is 1. The second-order valence-corrected chi connectivity index (χ2v) is 16.8. The first-order chi connectivity index (χ1) is 25.2. The Kier molecular flexibility index (Phi) is 15.1. The number of nitrogens with one attached hydrogen (secondary N) is 1. The first-order valence-electron chi connectivity index (χ1n) is 17.7. The molecule has 0 aliphatic carbocycles. The van der Waals surface area contributed by atoms with Crippen LogP contribution in [-0.2, 0) is 37.4 Å². The summed E-state index contributed by atoms with van der Waals surface area (Å²) >= 11 is 1.52. The number of aromatic nitrogens is 1. The molecular formula is C37H51N7O7S2. The first-order valence-corrected chi connectivity index (χ1v) is 20.0. The van der Waals surface area contributed by atoms with Crippen molar-refractivity contribution in [2.45, 2.75) is 77.1 Å². The van der Waals surface area contributed by atoms with Crippen molar-refractivity contribution in [1.29, 1.82) is 0 Å². The van der Waals surface area contributed by atoms with Crippen molar-refractivity contribution < 1.29 is 32.7 Å². The summed E-state index contributed by atoms with van der Waals surface area (Å²) in [5.41, 5.74) is 7.48. The summed E-state index contributed by atoms with van der Waals surface area (Å²) in [5.74, 6) is -1.35. The summed E-state index contributed by atoms with van der Waals surface area (Å²) in [6.45, 7) is 10.5. The van der Waals surface area contributed by atoms with Gasteiger partial charge in [-0.3, -0.25) is 4.79 Å². The lowest BCUT2D eigenvalue weighted by Gasteiger charge is -2.34. The van der Waals surface area contributed by atoms with Crippen molar-refractivity contribution in [3.05, 3.63) is 81.8 Å². The van der Waals surface area contributed by atoms with Crippen molar-refractivity contribution >= 4 is 45.5 Å². The second-order valence-electron chi connectivity index (χ2n) is 13.8. The van der Waals surface area contributed by atoms with Gasteiger partial charge in [0.05, 0.1) is 46.9 Å². The minimum Gasteiger partial charge on any atom is -0.390 e. The maximum Gasteiger partial charge on any atom is 0.336 e. The van der Waals surface area contributed by atoms with E-state index in [1.54, 1.807) is 9.80 Å². The number of thiazole rings is 1. The Labute approximate surface area is 316 Å². The SMILES string of the molecule is Cc1nc(CN2CCN([C@H](C(=O)N[C@@H](Cc3ccccc3)[C@H](O)CN(CC(C)C)S(=O)(=O)c3ccc(/C=N/OC(=O)CCN)cc3)C(C)C)C2=O)cs1. The number of nitrogens with two attached hydrogens (primary N) is 1. The third kappa shape index (κ3) is 11.6. The lowest BCUT2D eigenvalue weighted by Crippen LogP contribution is -2.57. The maximum atomic E-state index is 14.1. The van der Waals surface area contributed by atoms with Crippen LogP contribution in [0.15, 0.2) is 70.0 Å². The first kappa shape index (κ1) is 41.5. The van der Waals surface area contributed by atoms with Crippen molar-refractivity contribution in [3.63, 3.8) is 0 Å². The summed E-state index contributed by atoms with van der Waals surface area (Å²) < 4.78 is 29.3. The monoisotopic (exact) mass is 769 g/mol.